The maximum Gasteiger partial charge on any atom is 0.257 e. The van der Waals surface area contributed by atoms with Gasteiger partial charge < -0.3 is 0 Å². The molecule has 0 spiro atoms. The van der Waals surface area contributed by atoms with E-state index in [1.54, 1.807) is 0 Å². The number of alkyl halides is 2. The summed E-state index contributed by atoms with van der Waals surface area (Å²) in [7, 11) is 0. The molecule has 0 N–H and O–H groups in total. The molecule has 1 aliphatic heterocycles. The molecule has 1 atom stereocenters. The van der Waals surface area contributed by atoms with Crippen LogP contribution in [0.25, 0.3) is 0 Å². The Morgan fingerprint density at radius 1 is 1.33 bits per heavy atom. The number of halogens is 2. The van der Waals surface area contributed by atoms with Gasteiger partial charge in [-0.3, -0.25) is 9.36 Å². The number of hydrogen-bond acceptors (Lipinski definition) is 2. The van der Waals surface area contributed by atoms with Crippen LogP contribution in [0.15, 0.2) is 4.79 Å². The molecule has 2 aliphatic rings. The minimum absolute atomic E-state index is 0.185. The van der Waals surface area contributed by atoms with Crippen LogP contribution in [-0.2, 0) is 22.6 Å². The molecule has 0 bridgehead atoms. The Kier molecular flexibility index (Phi) is 3.17. The number of nitrogens with zero attached hydrogens (tertiary/aromatic N) is 2. The Morgan fingerprint density at radius 2 is 2.06 bits per heavy atom. The Balaban J connectivity index is 2.24. The molecule has 0 amide bonds. The van der Waals surface area contributed by atoms with Crippen molar-refractivity contribution >= 4 is 31.9 Å². The van der Waals surface area contributed by atoms with E-state index in [-0.39, 0.29) is 8.79 Å². The van der Waals surface area contributed by atoms with Crippen molar-refractivity contribution in [3.63, 3.8) is 0 Å². The third kappa shape index (κ3) is 1.99. The normalized spacial score (nSPS) is 25.4. The smallest absolute Gasteiger partial charge is 0.257 e. The van der Waals surface area contributed by atoms with Gasteiger partial charge in [-0.05, 0) is 38.0 Å². The summed E-state index contributed by atoms with van der Waals surface area (Å²) in [6, 6.07) is 0. The van der Waals surface area contributed by atoms with Crippen molar-refractivity contribution in [2.75, 3.05) is 0 Å². The number of aromatic nitrogens is 2. The van der Waals surface area contributed by atoms with E-state index in [9.17, 15) is 4.79 Å². The molecule has 5 heteroatoms. The average molecular weight is 376 g/mol. The van der Waals surface area contributed by atoms with Crippen LogP contribution < -0.4 is 5.56 Å². The first-order valence-electron chi connectivity index (χ1n) is 6.50. The summed E-state index contributed by atoms with van der Waals surface area (Å²) in [4.78, 5) is 17.3. The van der Waals surface area contributed by atoms with Gasteiger partial charge in [0.2, 0.25) is 0 Å². The van der Waals surface area contributed by atoms with E-state index < -0.39 is 0 Å². The predicted octanol–water partition coefficient (Wildman–Crippen LogP) is 3.10. The minimum Gasteiger partial charge on any atom is -0.294 e. The zero-order valence-corrected chi connectivity index (χ0v) is 13.6. The van der Waals surface area contributed by atoms with Crippen molar-refractivity contribution in [3.05, 3.63) is 27.4 Å². The van der Waals surface area contributed by atoms with Gasteiger partial charge in [-0.15, -0.1) is 0 Å². The molecule has 1 aromatic rings. The van der Waals surface area contributed by atoms with Crippen LogP contribution in [0.3, 0.4) is 0 Å². The second-order valence-electron chi connectivity index (χ2n) is 5.50. The van der Waals surface area contributed by atoms with Gasteiger partial charge in [-0.1, -0.05) is 38.8 Å². The zero-order chi connectivity index (χ0) is 12.9. The van der Waals surface area contributed by atoms with Gasteiger partial charge in [0.1, 0.15) is 9.06 Å². The van der Waals surface area contributed by atoms with Gasteiger partial charge in [-0.2, -0.15) is 0 Å². The molecule has 3 rings (SSSR count). The Labute approximate surface area is 123 Å². The molecule has 0 saturated heterocycles. The largest absolute Gasteiger partial charge is 0.294 e. The molecule has 3 nitrogen and oxygen atoms in total. The molecule has 1 aliphatic carbocycles. The fourth-order valence-electron chi connectivity index (χ4n) is 3.04. The standard InChI is InChI=1S/C13H16Br2N2O/c1-8-6-13(14,15)12-16-10-5-3-2-4-9(10)11(18)17(12)7-8/h8H,2-7H2,1H3. The lowest BCUT2D eigenvalue weighted by Gasteiger charge is -2.34. The van der Waals surface area contributed by atoms with Crippen LogP contribution >= 0.6 is 31.9 Å². The van der Waals surface area contributed by atoms with Crippen molar-refractivity contribution in [1.82, 2.24) is 9.55 Å². The second-order valence-corrected chi connectivity index (χ2v) is 9.27. The Morgan fingerprint density at radius 3 is 2.83 bits per heavy atom. The first-order chi connectivity index (χ1) is 8.49. The summed E-state index contributed by atoms with van der Waals surface area (Å²) in [5.74, 6) is 1.32. The molecule has 2 heterocycles. The molecule has 1 unspecified atom stereocenters. The van der Waals surface area contributed by atoms with Crippen molar-refractivity contribution in [2.45, 2.75) is 48.8 Å². The summed E-state index contributed by atoms with van der Waals surface area (Å²) >= 11 is 7.38. The summed E-state index contributed by atoms with van der Waals surface area (Å²) in [5.41, 5.74) is 2.16. The van der Waals surface area contributed by atoms with Crippen molar-refractivity contribution in [3.8, 4) is 0 Å². The second kappa shape index (κ2) is 4.44. The van der Waals surface area contributed by atoms with Crippen LogP contribution in [0.1, 0.15) is 43.3 Å². The number of fused-ring (bicyclic) bond motifs is 2. The highest BCUT2D eigenvalue weighted by Crippen LogP contribution is 2.45. The number of rotatable bonds is 0. The summed E-state index contributed by atoms with van der Waals surface area (Å²) in [5, 5.41) is 0. The molecule has 1 aromatic heterocycles. The summed E-state index contributed by atoms with van der Waals surface area (Å²) in [6.45, 7) is 2.96. The minimum atomic E-state index is -0.344. The average Bonchev–Trinajstić information content (AvgIpc) is 2.30. The van der Waals surface area contributed by atoms with Gasteiger partial charge in [0.25, 0.3) is 5.56 Å². The maximum absolute atomic E-state index is 12.6. The lowest BCUT2D eigenvalue weighted by atomic mass is 9.95. The molecule has 0 fully saturated rings. The van der Waals surface area contributed by atoms with Crippen LogP contribution in [0.2, 0.25) is 0 Å². The van der Waals surface area contributed by atoms with Crippen LogP contribution in [-0.4, -0.2) is 9.55 Å². The molecule has 0 radical (unpaired) electrons. The molecular formula is C13H16Br2N2O. The monoisotopic (exact) mass is 374 g/mol. The molecular weight excluding hydrogens is 360 g/mol. The highest BCUT2D eigenvalue weighted by Gasteiger charge is 2.38. The first kappa shape index (κ1) is 12.9. The van der Waals surface area contributed by atoms with E-state index in [4.69, 9.17) is 4.98 Å². The van der Waals surface area contributed by atoms with E-state index >= 15 is 0 Å². The molecule has 98 valence electrons. The summed E-state index contributed by atoms with van der Waals surface area (Å²) < 4.78 is 1.52. The van der Waals surface area contributed by atoms with E-state index in [2.05, 4.69) is 38.8 Å². The molecule has 0 saturated carbocycles. The van der Waals surface area contributed by atoms with Crippen LogP contribution in [0.5, 0.6) is 0 Å². The SMILES string of the molecule is CC1Cn2c(nc3c(c2=O)CCCC3)C(Br)(Br)C1. The predicted molar refractivity (Wildman–Crippen MR) is 78.5 cm³/mol. The number of hydrogen-bond donors (Lipinski definition) is 0. The third-order valence-electron chi connectivity index (χ3n) is 3.86. The van der Waals surface area contributed by atoms with E-state index in [1.807, 2.05) is 4.57 Å². The van der Waals surface area contributed by atoms with Gasteiger partial charge in [0, 0.05) is 12.1 Å². The van der Waals surface area contributed by atoms with Crippen molar-refractivity contribution < 1.29 is 0 Å². The van der Waals surface area contributed by atoms with Gasteiger partial charge in [0.05, 0.1) is 5.69 Å². The lowest BCUT2D eigenvalue weighted by Crippen LogP contribution is -2.40. The fraction of sp³-hybridized carbons (Fsp3) is 0.692. The van der Waals surface area contributed by atoms with E-state index in [0.717, 1.165) is 55.7 Å². The van der Waals surface area contributed by atoms with E-state index in [1.165, 1.54) is 0 Å². The van der Waals surface area contributed by atoms with Crippen LogP contribution in [0.4, 0.5) is 0 Å². The van der Waals surface area contributed by atoms with Gasteiger partial charge >= 0.3 is 0 Å². The van der Waals surface area contributed by atoms with Gasteiger partial charge in [-0.25, -0.2) is 4.98 Å². The summed E-state index contributed by atoms with van der Waals surface area (Å²) in [6.07, 6.45) is 5.07. The van der Waals surface area contributed by atoms with Crippen molar-refractivity contribution in [1.29, 1.82) is 0 Å². The Hall–Kier alpha value is -0.160. The number of aryl methyl sites for hydroxylation is 1. The lowest BCUT2D eigenvalue weighted by molar-refractivity contribution is 0.360. The van der Waals surface area contributed by atoms with Crippen LogP contribution in [0, 0.1) is 5.92 Å². The molecule has 18 heavy (non-hydrogen) atoms. The third-order valence-corrected chi connectivity index (χ3v) is 5.22. The quantitative estimate of drug-likeness (QED) is 0.653. The highest BCUT2D eigenvalue weighted by molar-refractivity contribution is 9.24. The first-order valence-corrected chi connectivity index (χ1v) is 8.08. The maximum atomic E-state index is 12.6. The van der Waals surface area contributed by atoms with E-state index in [0.29, 0.717) is 5.92 Å². The Bertz CT molecular complexity index is 551. The topological polar surface area (TPSA) is 34.9 Å². The van der Waals surface area contributed by atoms with Gasteiger partial charge in [0.15, 0.2) is 0 Å². The highest BCUT2D eigenvalue weighted by atomic mass is 79.9. The zero-order valence-electron chi connectivity index (χ0n) is 10.4. The van der Waals surface area contributed by atoms with Crippen molar-refractivity contribution in [2.24, 2.45) is 5.92 Å². The molecule has 0 aromatic carbocycles. The fourth-order valence-corrected chi connectivity index (χ4v) is 4.75.